The van der Waals surface area contributed by atoms with E-state index in [2.05, 4.69) is 32.3 Å². The Morgan fingerprint density at radius 1 is 0.795 bits per heavy atom. The maximum atomic E-state index is 10.6. The van der Waals surface area contributed by atoms with Crippen LogP contribution < -0.4 is 5.32 Å². The van der Waals surface area contributed by atoms with Crippen LogP contribution in [-0.4, -0.2) is 99.0 Å². The third-order valence-corrected chi connectivity index (χ3v) is 5.56. The van der Waals surface area contributed by atoms with Crippen molar-refractivity contribution in [3.63, 3.8) is 0 Å². The average molecular weight is 652 g/mol. The van der Waals surface area contributed by atoms with Crippen LogP contribution in [-0.2, 0) is 25.7 Å². The minimum atomic E-state index is -5.08. The molecule has 44 heavy (non-hydrogen) atoms. The van der Waals surface area contributed by atoms with Crippen LogP contribution in [0.5, 0.6) is 0 Å². The zero-order chi connectivity index (χ0) is 33.7. The number of nitrogens with one attached hydrogen (secondary N) is 1. The van der Waals surface area contributed by atoms with Crippen molar-refractivity contribution in [2.45, 2.75) is 31.2 Å². The Morgan fingerprint density at radius 2 is 1.27 bits per heavy atom. The van der Waals surface area contributed by atoms with Gasteiger partial charge in [0.25, 0.3) is 0 Å². The summed E-state index contributed by atoms with van der Waals surface area (Å²) in [7, 11) is 0. The molecular weight excluding hydrogens is 627 g/mol. The molecule has 0 radical (unpaired) electrons. The lowest BCUT2D eigenvalue weighted by Crippen LogP contribution is -2.27. The number of fused-ring (bicyclic) bond motifs is 1. The number of carboxylic acids is 3. The molecule has 0 unspecified atom stereocenters. The summed E-state index contributed by atoms with van der Waals surface area (Å²) in [5.41, 5.74) is 1.13. The van der Waals surface area contributed by atoms with Gasteiger partial charge < -0.3 is 25.4 Å². The number of halogens is 9. The first-order valence-corrected chi connectivity index (χ1v) is 12.0. The molecule has 0 amide bonds. The van der Waals surface area contributed by atoms with Gasteiger partial charge in [0, 0.05) is 50.4 Å². The highest BCUT2D eigenvalue weighted by molar-refractivity contribution is 5.73. The topological polar surface area (TPSA) is 162 Å². The Labute approximate surface area is 242 Å². The standard InChI is InChI=1S/C18H22N4O.3C2HF3O2/c1-3-7-19-15(5-1)10-22-11-16-14(13-23-17(16)12-22)9-21-18-6-2-4-8-20-18;3*3-2(4,5)1(6)7/h1-8,14,16-17H,9-13H2,(H,20,21);3*(H,6,7)/t14-,16+,17+;;;/m0.../s1. The summed E-state index contributed by atoms with van der Waals surface area (Å²) >= 11 is 0. The SMILES string of the molecule is O=C(O)C(F)(F)F.O=C(O)C(F)(F)F.O=C(O)C(F)(F)F.c1ccc(CN2C[C@@H]3[C@@H](CNc4ccccn4)CO[C@@H]3C2)nc1. The van der Waals surface area contributed by atoms with Gasteiger partial charge in [-0.05, 0) is 24.3 Å². The van der Waals surface area contributed by atoms with Crippen LogP contribution in [0.2, 0.25) is 0 Å². The van der Waals surface area contributed by atoms with Gasteiger partial charge in [0.2, 0.25) is 0 Å². The normalized spacial score (nSPS) is 19.5. The van der Waals surface area contributed by atoms with Crippen LogP contribution in [0.25, 0.3) is 0 Å². The van der Waals surface area contributed by atoms with E-state index in [1.54, 1.807) is 0 Å². The van der Waals surface area contributed by atoms with Gasteiger partial charge in [-0.3, -0.25) is 9.88 Å². The number of anilines is 1. The van der Waals surface area contributed by atoms with E-state index in [-0.39, 0.29) is 0 Å². The molecule has 2 aliphatic rings. The second-order valence-electron chi connectivity index (χ2n) is 8.82. The molecule has 2 fully saturated rings. The van der Waals surface area contributed by atoms with Gasteiger partial charge in [-0.25, -0.2) is 19.4 Å². The second kappa shape index (κ2) is 16.6. The summed E-state index contributed by atoms with van der Waals surface area (Å²) in [6.07, 6.45) is -11.2. The smallest absolute Gasteiger partial charge is 0.475 e. The van der Waals surface area contributed by atoms with Gasteiger partial charge >= 0.3 is 36.4 Å². The predicted molar refractivity (Wildman–Crippen MR) is 130 cm³/mol. The van der Waals surface area contributed by atoms with Crippen molar-refractivity contribution < 1.29 is 74.0 Å². The Kier molecular flexibility index (Phi) is 14.3. The molecule has 4 rings (SSSR count). The van der Waals surface area contributed by atoms with Crippen LogP contribution >= 0.6 is 0 Å². The van der Waals surface area contributed by atoms with Gasteiger partial charge in [0.1, 0.15) is 5.82 Å². The van der Waals surface area contributed by atoms with Crippen molar-refractivity contribution in [3.8, 4) is 0 Å². The lowest BCUT2D eigenvalue weighted by Gasteiger charge is -2.19. The molecule has 20 heteroatoms. The van der Waals surface area contributed by atoms with Crippen molar-refractivity contribution in [2.75, 3.05) is 31.6 Å². The number of aromatic nitrogens is 2. The number of alkyl halides is 9. The van der Waals surface area contributed by atoms with Crippen LogP contribution in [0.4, 0.5) is 45.3 Å². The summed E-state index contributed by atoms with van der Waals surface area (Å²) in [5.74, 6) is -6.17. The van der Waals surface area contributed by atoms with Crippen LogP contribution in [0.1, 0.15) is 5.69 Å². The molecule has 0 aromatic carbocycles. The summed E-state index contributed by atoms with van der Waals surface area (Å²) < 4.78 is 101. The Bertz CT molecular complexity index is 1130. The molecule has 2 aromatic rings. The van der Waals surface area contributed by atoms with Gasteiger partial charge in [0.05, 0.1) is 18.4 Å². The van der Waals surface area contributed by atoms with Gasteiger partial charge in [-0.1, -0.05) is 12.1 Å². The number of hydrogen-bond donors (Lipinski definition) is 4. The summed E-state index contributed by atoms with van der Waals surface area (Å²) in [6, 6.07) is 12.1. The molecular formula is C24H25F9N4O7. The van der Waals surface area contributed by atoms with Gasteiger partial charge in [-0.15, -0.1) is 0 Å². The molecule has 0 saturated carbocycles. The first-order valence-electron chi connectivity index (χ1n) is 12.0. The molecule has 0 aliphatic carbocycles. The number of nitrogens with zero attached hydrogens (tertiary/aromatic N) is 3. The molecule has 11 nitrogen and oxygen atoms in total. The van der Waals surface area contributed by atoms with E-state index in [0.717, 1.165) is 44.3 Å². The van der Waals surface area contributed by atoms with Gasteiger partial charge in [-0.2, -0.15) is 39.5 Å². The number of aliphatic carboxylic acids is 3. The summed E-state index contributed by atoms with van der Waals surface area (Å²) in [5, 5.41) is 24.8. The zero-order valence-corrected chi connectivity index (χ0v) is 22.1. The zero-order valence-electron chi connectivity index (χ0n) is 22.1. The Morgan fingerprint density at radius 3 is 1.68 bits per heavy atom. The first-order chi connectivity index (χ1) is 20.2. The minimum absolute atomic E-state index is 0.370. The maximum Gasteiger partial charge on any atom is 0.490 e. The Hall–Kier alpha value is -4.20. The summed E-state index contributed by atoms with van der Waals surface area (Å²) in [6.45, 7) is 4.80. The molecule has 0 bridgehead atoms. The van der Waals surface area contributed by atoms with E-state index < -0.39 is 36.4 Å². The largest absolute Gasteiger partial charge is 0.490 e. The molecule has 2 aromatic heterocycles. The molecule has 4 N–H and O–H groups in total. The van der Waals surface area contributed by atoms with E-state index in [1.807, 2.05) is 36.7 Å². The molecule has 3 atom stereocenters. The van der Waals surface area contributed by atoms with E-state index in [1.165, 1.54) is 0 Å². The third kappa shape index (κ3) is 14.3. The number of rotatable bonds is 5. The van der Waals surface area contributed by atoms with Gasteiger partial charge in [0.15, 0.2) is 0 Å². The highest BCUT2D eigenvalue weighted by Gasteiger charge is 2.43. The first kappa shape index (κ1) is 37.8. The number of ether oxygens (including phenoxy) is 1. The highest BCUT2D eigenvalue weighted by atomic mass is 19.4. The number of carbonyl (C=O) groups is 3. The van der Waals surface area contributed by atoms with Crippen molar-refractivity contribution >= 4 is 23.7 Å². The summed E-state index contributed by atoms with van der Waals surface area (Å²) in [4.78, 5) is 37.9. The quantitative estimate of drug-likeness (QED) is 0.346. The van der Waals surface area contributed by atoms with Crippen molar-refractivity contribution in [3.05, 3.63) is 54.5 Å². The number of carboxylic acid groups (broad SMARTS) is 3. The van der Waals surface area contributed by atoms with Crippen molar-refractivity contribution in [1.82, 2.24) is 14.9 Å². The van der Waals surface area contributed by atoms with E-state index in [0.29, 0.717) is 17.9 Å². The lowest BCUT2D eigenvalue weighted by atomic mass is 9.93. The minimum Gasteiger partial charge on any atom is -0.475 e. The molecule has 246 valence electrons. The van der Waals surface area contributed by atoms with E-state index in [4.69, 9.17) is 34.4 Å². The lowest BCUT2D eigenvalue weighted by molar-refractivity contribution is -0.193. The fourth-order valence-corrected chi connectivity index (χ4v) is 3.64. The van der Waals surface area contributed by atoms with Crippen LogP contribution in [0, 0.1) is 11.8 Å². The maximum absolute atomic E-state index is 10.6. The monoisotopic (exact) mass is 652 g/mol. The van der Waals surface area contributed by atoms with E-state index >= 15 is 0 Å². The number of hydrogen-bond acceptors (Lipinski definition) is 8. The molecule has 0 spiro atoms. The third-order valence-electron chi connectivity index (χ3n) is 5.56. The highest BCUT2D eigenvalue weighted by Crippen LogP contribution is 2.34. The number of likely N-dealkylation sites (tertiary alicyclic amines) is 1. The van der Waals surface area contributed by atoms with Crippen LogP contribution in [0.3, 0.4) is 0 Å². The fourth-order valence-electron chi connectivity index (χ4n) is 3.64. The predicted octanol–water partition coefficient (Wildman–Crippen LogP) is 3.94. The number of pyridine rings is 2. The van der Waals surface area contributed by atoms with Crippen LogP contribution in [0.15, 0.2) is 48.8 Å². The molecule has 4 heterocycles. The molecule has 2 aliphatic heterocycles. The molecule has 2 saturated heterocycles. The van der Waals surface area contributed by atoms with Crippen molar-refractivity contribution in [1.29, 1.82) is 0 Å². The average Bonchev–Trinajstić information content (AvgIpc) is 3.48. The fraction of sp³-hybridized carbons (Fsp3) is 0.458. The van der Waals surface area contributed by atoms with E-state index in [9.17, 15) is 39.5 Å². The van der Waals surface area contributed by atoms with Crippen molar-refractivity contribution in [2.24, 2.45) is 11.8 Å². The second-order valence-corrected chi connectivity index (χ2v) is 8.82. The Balaban J connectivity index is 0.000000379.